The zero-order chi connectivity index (χ0) is 20.1. The highest BCUT2D eigenvalue weighted by Gasteiger charge is 2.61. The minimum atomic E-state index is -4.96. The summed E-state index contributed by atoms with van der Waals surface area (Å²) in [5.74, 6) is -0.0409. The van der Waals surface area contributed by atoms with E-state index in [-0.39, 0.29) is 41.2 Å². The van der Waals surface area contributed by atoms with Crippen LogP contribution in [0.5, 0.6) is 5.75 Å². The predicted octanol–water partition coefficient (Wildman–Crippen LogP) is 3.85. The molecular formula is C19H14ClF3N2O3. The van der Waals surface area contributed by atoms with Gasteiger partial charge in [-0.15, -0.1) is 0 Å². The Labute approximate surface area is 162 Å². The van der Waals surface area contributed by atoms with E-state index < -0.39 is 11.8 Å². The number of halogens is 4. The van der Waals surface area contributed by atoms with E-state index >= 15 is 0 Å². The molecule has 0 spiro atoms. The number of rotatable bonds is 4. The normalized spacial score (nSPS) is 18.1. The maximum Gasteiger partial charge on any atom is 0.425 e. The van der Waals surface area contributed by atoms with Gasteiger partial charge in [0.1, 0.15) is 17.6 Å². The number of aliphatic hydroxyl groups is 2. The number of hydrogen-bond acceptors (Lipinski definition) is 4. The third kappa shape index (κ3) is 2.60. The van der Waals surface area contributed by atoms with Gasteiger partial charge in [0.25, 0.3) is 0 Å². The molecule has 3 aromatic rings. The van der Waals surface area contributed by atoms with Crippen molar-refractivity contribution in [2.24, 2.45) is 0 Å². The lowest BCUT2D eigenvalue weighted by Crippen LogP contribution is -2.41. The summed E-state index contributed by atoms with van der Waals surface area (Å²) in [5, 5.41) is 24.0. The maximum atomic E-state index is 14.0. The van der Waals surface area contributed by atoms with E-state index in [4.69, 9.17) is 17.0 Å². The summed E-state index contributed by atoms with van der Waals surface area (Å²) < 4.78 is 48.2. The van der Waals surface area contributed by atoms with Crippen molar-refractivity contribution in [3.05, 3.63) is 59.9 Å². The Morgan fingerprint density at radius 2 is 1.89 bits per heavy atom. The van der Waals surface area contributed by atoms with Crippen LogP contribution < -0.4 is 4.29 Å². The molecule has 0 radical (unpaired) electrons. The number of fused-ring (bicyclic) bond motifs is 3. The molecule has 1 aliphatic carbocycles. The quantitative estimate of drug-likeness (QED) is 0.685. The van der Waals surface area contributed by atoms with Crippen molar-refractivity contribution in [2.45, 2.75) is 18.3 Å². The van der Waals surface area contributed by atoms with Crippen LogP contribution in [0.15, 0.2) is 48.8 Å². The van der Waals surface area contributed by atoms with Gasteiger partial charge in [-0.1, -0.05) is 24.3 Å². The van der Waals surface area contributed by atoms with Crippen LogP contribution in [-0.4, -0.2) is 32.8 Å². The standard InChI is InChI=1S/C19H14ClF3N2O3/c20-28-12-7-14(11-9-24-25(10-11)5-6-26)17-13-3-1-2-4-15(13)18(27,16(17)8-12)19(21,22)23/h1-4,7-10,26-27H,5-6H2. The van der Waals surface area contributed by atoms with E-state index in [0.29, 0.717) is 11.1 Å². The highest BCUT2D eigenvalue weighted by Crippen LogP contribution is 2.58. The molecule has 146 valence electrons. The number of aliphatic hydroxyl groups excluding tert-OH is 1. The second kappa shape index (κ2) is 6.51. The molecule has 1 atom stereocenters. The van der Waals surface area contributed by atoms with E-state index in [0.717, 1.165) is 6.07 Å². The van der Waals surface area contributed by atoms with E-state index in [1.165, 1.54) is 35.1 Å². The molecule has 0 bridgehead atoms. The van der Waals surface area contributed by atoms with Crippen LogP contribution in [0.4, 0.5) is 13.2 Å². The molecule has 2 N–H and O–H groups in total. The number of hydrogen-bond donors (Lipinski definition) is 2. The van der Waals surface area contributed by atoms with Crippen LogP contribution in [0.2, 0.25) is 0 Å². The van der Waals surface area contributed by atoms with Crippen molar-refractivity contribution in [1.29, 1.82) is 0 Å². The van der Waals surface area contributed by atoms with Gasteiger partial charge in [0.05, 0.1) is 19.3 Å². The van der Waals surface area contributed by atoms with Crippen LogP contribution in [0.25, 0.3) is 22.3 Å². The van der Waals surface area contributed by atoms with Gasteiger partial charge in [-0.05, 0) is 28.8 Å². The van der Waals surface area contributed by atoms with Crippen molar-refractivity contribution in [3.8, 4) is 28.0 Å². The SMILES string of the molecule is OCCn1cc(-c2cc(OCl)cc3c2-c2ccccc2C3(O)C(F)(F)F)cn1. The lowest BCUT2D eigenvalue weighted by molar-refractivity contribution is -0.246. The summed E-state index contributed by atoms with van der Waals surface area (Å²) in [6, 6.07) is 8.42. The summed E-state index contributed by atoms with van der Waals surface area (Å²) >= 11 is 5.44. The Balaban J connectivity index is 2.05. The second-order valence-electron chi connectivity index (χ2n) is 6.44. The van der Waals surface area contributed by atoms with E-state index in [2.05, 4.69) is 9.39 Å². The fourth-order valence-corrected chi connectivity index (χ4v) is 3.75. The largest absolute Gasteiger partial charge is 0.425 e. The topological polar surface area (TPSA) is 67.5 Å². The fraction of sp³-hybridized carbons (Fsp3) is 0.211. The summed E-state index contributed by atoms with van der Waals surface area (Å²) in [7, 11) is 0. The first kappa shape index (κ1) is 18.8. The Bertz CT molecular complexity index is 1050. The molecule has 4 rings (SSSR count). The molecule has 5 nitrogen and oxygen atoms in total. The first-order valence-electron chi connectivity index (χ1n) is 8.31. The average molecular weight is 411 g/mol. The highest BCUT2D eigenvalue weighted by atomic mass is 35.5. The van der Waals surface area contributed by atoms with Crippen molar-refractivity contribution >= 4 is 11.9 Å². The molecule has 0 fully saturated rings. The van der Waals surface area contributed by atoms with E-state index in [1.807, 2.05) is 0 Å². The monoisotopic (exact) mass is 410 g/mol. The molecule has 0 aliphatic heterocycles. The zero-order valence-corrected chi connectivity index (χ0v) is 15.0. The molecule has 1 aliphatic rings. The Morgan fingerprint density at radius 1 is 1.14 bits per heavy atom. The third-order valence-corrected chi connectivity index (χ3v) is 5.04. The molecule has 0 saturated heterocycles. The molecule has 0 saturated carbocycles. The van der Waals surface area contributed by atoms with Crippen molar-refractivity contribution in [1.82, 2.24) is 9.78 Å². The molecule has 2 aromatic carbocycles. The fourth-order valence-electron chi connectivity index (χ4n) is 3.66. The first-order chi connectivity index (χ1) is 13.3. The van der Waals surface area contributed by atoms with Crippen LogP contribution in [0.3, 0.4) is 0 Å². The minimum Gasteiger partial charge on any atom is -0.394 e. The summed E-state index contributed by atoms with van der Waals surface area (Å²) in [6.07, 6.45) is -1.90. The van der Waals surface area contributed by atoms with Gasteiger partial charge in [-0.25, -0.2) is 0 Å². The minimum absolute atomic E-state index is 0.0409. The Kier molecular flexibility index (Phi) is 4.37. The summed E-state index contributed by atoms with van der Waals surface area (Å²) in [6.45, 7) is 0.0949. The zero-order valence-electron chi connectivity index (χ0n) is 14.2. The van der Waals surface area contributed by atoms with Crippen molar-refractivity contribution in [2.75, 3.05) is 6.61 Å². The van der Waals surface area contributed by atoms with Gasteiger partial charge in [-0.3, -0.25) is 4.68 Å². The van der Waals surface area contributed by atoms with Gasteiger partial charge >= 0.3 is 6.18 Å². The number of nitrogens with zero attached hydrogens (tertiary/aromatic N) is 2. The summed E-state index contributed by atoms with van der Waals surface area (Å²) in [5.41, 5.74) is -2.43. The number of alkyl halides is 3. The van der Waals surface area contributed by atoms with Gasteiger partial charge in [0.2, 0.25) is 5.60 Å². The van der Waals surface area contributed by atoms with Crippen LogP contribution in [0.1, 0.15) is 11.1 Å². The predicted molar refractivity (Wildman–Crippen MR) is 95.7 cm³/mol. The number of benzene rings is 2. The van der Waals surface area contributed by atoms with Gasteiger partial charge in [-0.2, -0.15) is 18.3 Å². The highest BCUT2D eigenvalue weighted by molar-refractivity contribution is 6.09. The summed E-state index contributed by atoms with van der Waals surface area (Å²) in [4.78, 5) is 0. The maximum absolute atomic E-state index is 14.0. The van der Waals surface area contributed by atoms with Crippen LogP contribution >= 0.6 is 11.9 Å². The lowest BCUT2D eigenvalue weighted by atomic mass is 9.89. The van der Waals surface area contributed by atoms with E-state index in [9.17, 15) is 18.3 Å². The molecule has 0 amide bonds. The van der Waals surface area contributed by atoms with Gasteiger partial charge < -0.3 is 14.5 Å². The van der Waals surface area contributed by atoms with Gasteiger partial charge in [0.15, 0.2) is 0 Å². The first-order valence-corrected chi connectivity index (χ1v) is 8.62. The number of aromatic nitrogens is 2. The van der Waals surface area contributed by atoms with Crippen LogP contribution in [-0.2, 0) is 12.1 Å². The van der Waals surface area contributed by atoms with Crippen LogP contribution in [0, 0.1) is 0 Å². The van der Waals surface area contributed by atoms with Crippen molar-refractivity contribution < 1.29 is 27.7 Å². The van der Waals surface area contributed by atoms with E-state index in [1.54, 1.807) is 12.3 Å². The van der Waals surface area contributed by atoms with Gasteiger partial charge in [0, 0.05) is 22.9 Å². The molecular weight excluding hydrogens is 397 g/mol. The lowest BCUT2D eigenvalue weighted by Gasteiger charge is -2.28. The molecule has 1 unspecified atom stereocenters. The van der Waals surface area contributed by atoms with Crippen molar-refractivity contribution in [3.63, 3.8) is 0 Å². The molecule has 1 aromatic heterocycles. The molecule has 9 heteroatoms. The Morgan fingerprint density at radius 3 is 2.57 bits per heavy atom. The smallest absolute Gasteiger partial charge is 0.394 e. The third-order valence-electron chi connectivity index (χ3n) is 4.86. The second-order valence-corrected chi connectivity index (χ2v) is 6.59. The molecule has 1 heterocycles. The Hall–Kier alpha value is -2.55. The average Bonchev–Trinajstić information content (AvgIpc) is 3.23. The molecule has 28 heavy (non-hydrogen) atoms.